The first-order valence-electron chi connectivity index (χ1n) is 21.3. The van der Waals surface area contributed by atoms with Crippen LogP contribution in [0.15, 0.2) is 199 Å². The lowest BCUT2D eigenvalue weighted by Crippen LogP contribution is -2.00. The minimum Gasteiger partial charge on any atom is -0.454 e. The van der Waals surface area contributed by atoms with E-state index < -0.39 is 0 Å². The van der Waals surface area contributed by atoms with E-state index in [0.29, 0.717) is 17.5 Å². The van der Waals surface area contributed by atoms with Gasteiger partial charge in [-0.3, -0.25) is 0 Å². The third kappa shape index (κ3) is 5.32. The Morgan fingerprint density at radius 2 is 0.984 bits per heavy atom. The number of fused-ring (bicyclic) bond motifs is 13. The van der Waals surface area contributed by atoms with E-state index in [-0.39, 0.29) is 0 Å². The van der Waals surface area contributed by atoms with Crippen LogP contribution in [-0.4, -0.2) is 19.5 Å². The lowest BCUT2D eigenvalue weighted by Gasteiger charge is -2.11. The summed E-state index contributed by atoms with van der Waals surface area (Å²) in [6.07, 6.45) is 0. The molecule has 14 rings (SSSR count). The van der Waals surface area contributed by atoms with E-state index in [1.54, 1.807) is 0 Å². The largest absolute Gasteiger partial charge is 0.454 e. The Bertz CT molecular complexity index is 4140. The Labute approximate surface area is 373 Å². The lowest BCUT2D eigenvalue weighted by molar-refractivity contribution is 0.666. The summed E-state index contributed by atoms with van der Waals surface area (Å²) in [6, 6.07) is 68.8. The van der Waals surface area contributed by atoms with Crippen molar-refractivity contribution in [1.29, 1.82) is 0 Å². The molecule has 298 valence electrons. The number of hydrogen-bond donors (Lipinski definition) is 0. The molecule has 0 spiro atoms. The molecule has 0 unspecified atom stereocenters. The first-order valence-corrected chi connectivity index (χ1v) is 23.0. The van der Waals surface area contributed by atoms with E-state index in [1.165, 1.54) is 56.6 Å². The molecule has 0 aliphatic heterocycles. The van der Waals surface area contributed by atoms with Gasteiger partial charge in [-0.25, -0.2) is 15.0 Å². The highest BCUT2D eigenvalue weighted by Crippen LogP contribution is 2.47. The molecule has 0 saturated heterocycles. The zero-order valence-corrected chi connectivity index (χ0v) is 35.6. The fraction of sp³-hybridized carbons (Fsp3) is 0. The van der Waals surface area contributed by atoms with E-state index in [2.05, 4.69) is 162 Å². The van der Waals surface area contributed by atoms with Crippen molar-refractivity contribution < 1.29 is 4.42 Å². The van der Waals surface area contributed by atoms with Gasteiger partial charge in [0.1, 0.15) is 5.58 Å². The molecule has 64 heavy (non-hydrogen) atoms. The molecular weight excluding hydrogens is 821 g/mol. The van der Waals surface area contributed by atoms with Crippen molar-refractivity contribution in [3.63, 3.8) is 0 Å². The van der Waals surface area contributed by atoms with Gasteiger partial charge in [-0.1, -0.05) is 152 Å². The molecule has 5 aromatic heterocycles. The lowest BCUT2D eigenvalue weighted by atomic mass is 9.97. The predicted octanol–water partition coefficient (Wildman–Crippen LogP) is 16.3. The van der Waals surface area contributed by atoms with Crippen LogP contribution in [0.2, 0.25) is 0 Å². The van der Waals surface area contributed by atoms with Crippen LogP contribution in [0.25, 0.3) is 135 Å². The predicted molar refractivity (Wildman–Crippen MR) is 269 cm³/mol. The molecule has 0 bridgehead atoms. The van der Waals surface area contributed by atoms with E-state index in [9.17, 15) is 0 Å². The van der Waals surface area contributed by atoms with Gasteiger partial charge >= 0.3 is 0 Å². The molecule has 0 atom stereocenters. The molecule has 9 aromatic carbocycles. The fourth-order valence-electron chi connectivity index (χ4n) is 9.75. The van der Waals surface area contributed by atoms with Gasteiger partial charge in [-0.2, -0.15) is 0 Å². The molecule has 0 aliphatic rings. The summed E-state index contributed by atoms with van der Waals surface area (Å²) < 4.78 is 14.8. The summed E-state index contributed by atoms with van der Waals surface area (Å²) in [4.78, 5) is 15.7. The SMILES string of the molecule is c1ccc(-c2nc(-c3ccccc3)nc(-c3cc(-c4ccc5c(c4)sc4ccccc45)cc4oc5c(-n6c7ccccc7c7ccc8c9ccccc9sc8c76)cccc5c34)n2)cc1. The smallest absolute Gasteiger partial charge is 0.164 e. The first-order chi connectivity index (χ1) is 31.7. The van der Waals surface area contributed by atoms with Crippen molar-refractivity contribution >= 4 is 107 Å². The quantitative estimate of drug-likeness (QED) is 0.173. The third-order valence-electron chi connectivity index (χ3n) is 12.7. The molecule has 7 heteroatoms. The van der Waals surface area contributed by atoms with Gasteiger partial charge in [0.2, 0.25) is 0 Å². The van der Waals surface area contributed by atoms with Gasteiger partial charge in [0.05, 0.1) is 21.4 Å². The normalized spacial score (nSPS) is 12.1. The second-order valence-corrected chi connectivity index (χ2v) is 18.4. The fourth-order valence-corrected chi connectivity index (χ4v) is 12.1. The highest BCUT2D eigenvalue weighted by atomic mass is 32.1. The average molecular weight is 853 g/mol. The van der Waals surface area contributed by atoms with Crippen molar-refractivity contribution in [2.24, 2.45) is 0 Å². The van der Waals surface area contributed by atoms with Gasteiger partial charge in [0, 0.05) is 73.9 Å². The molecule has 5 nitrogen and oxygen atoms in total. The highest BCUT2D eigenvalue weighted by molar-refractivity contribution is 7.26. The Balaban J connectivity index is 1.08. The maximum Gasteiger partial charge on any atom is 0.164 e. The summed E-state index contributed by atoms with van der Waals surface area (Å²) in [6.45, 7) is 0. The summed E-state index contributed by atoms with van der Waals surface area (Å²) in [7, 11) is 0. The second-order valence-electron chi connectivity index (χ2n) is 16.3. The number of benzene rings is 9. The van der Waals surface area contributed by atoms with E-state index in [1.807, 2.05) is 59.1 Å². The molecule has 0 N–H and O–H groups in total. The summed E-state index contributed by atoms with van der Waals surface area (Å²) in [5, 5.41) is 9.44. The van der Waals surface area contributed by atoms with Crippen LogP contribution in [0.3, 0.4) is 0 Å². The van der Waals surface area contributed by atoms with Crippen LogP contribution in [0.5, 0.6) is 0 Å². The number of para-hydroxylation sites is 2. The van der Waals surface area contributed by atoms with Gasteiger partial charge in [-0.05, 0) is 53.6 Å². The van der Waals surface area contributed by atoms with Crippen molar-refractivity contribution in [3.05, 3.63) is 194 Å². The average Bonchev–Trinajstić information content (AvgIpc) is 4.13. The maximum atomic E-state index is 7.28. The van der Waals surface area contributed by atoms with Crippen LogP contribution in [0.1, 0.15) is 0 Å². The number of aromatic nitrogens is 4. The Kier molecular flexibility index (Phi) is 7.66. The molecule has 0 amide bonds. The summed E-state index contributed by atoms with van der Waals surface area (Å²) in [5.74, 6) is 1.81. The molecular formula is C57H32N4OS2. The number of rotatable bonds is 5. The standard InChI is InChI=1S/C57H32N4OS2/c1-3-14-33(15-4-1)55-58-56(34-16-5-2-6-17-34)60-57(59-55)44-30-36(35-26-27-40-38-19-8-11-24-48(38)63-50(40)32-35)31-47-51(44)43-21-13-23-46(53(43)62-47)61-45-22-10-7-18-37(45)41-28-29-42-39-20-9-12-25-49(39)64-54(42)52(41)61/h1-32H. The van der Waals surface area contributed by atoms with E-state index in [0.717, 1.165) is 61.0 Å². The second kappa shape index (κ2) is 13.8. The molecule has 5 heterocycles. The van der Waals surface area contributed by atoms with Crippen LogP contribution >= 0.6 is 22.7 Å². The number of furan rings is 1. The molecule has 14 aromatic rings. The molecule has 0 aliphatic carbocycles. The minimum absolute atomic E-state index is 0.583. The van der Waals surface area contributed by atoms with Crippen molar-refractivity contribution in [1.82, 2.24) is 19.5 Å². The van der Waals surface area contributed by atoms with Crippen LogP contribution in [0.4, 0.5) is 0 Å². The van der Waals surface area contributed by atoms with Gasteiger partial charge in [0.15, 0.2) is 23.1 Å². The van der Waals surface area contributed by atoms with Crippen molar-refractivity contribution in [3.8, 4) is 51.0 Å². The van der Waals surface area contributed by atoms with E-state index in [4.69, 9.17) is 19.4 Å². The Hall–Kier alpha value is -7.97. The zero-order chi connectivity index (χ0) is 41.9. The number of hydrogen-bond acceptors (Lipinski definition) is 6. The highest BCUT2D eigenvalue weighted by Gasteiger charge is 2.24. The zero-order valence-electron chi connectivity index (χ0n) is 34.0. The number of nitrogens with zero attached hydrogens (tertiary/aromatic N) is 4. The third-order valence-corrected chi connectivity index (χ3v) is 15.0. The monoisotopic (exact) mass is 852 g/mol. The summed E-state index contributed by atoms with van der Waals surface area (Å²) >= 11 is 3.68. The molecule has 0 saturated carbocycles. The topological polar surface area (TPSA) is 56.7 Å². The van der Waals surface area contributed by atoms with Gasteiger partial charge in [-0.15, -0.1) is 22.7 Å². The number of thiophene rings is 2. The van der Waals surface area contributed by atoms with Gasteiger partial charge in [0.25, 0.3) is 0 Å². The molecule has 0 fully saturated rings. The Morgan fingerprint density at radius 3 is 1.75 bits per heavy atom. The summed E-state index contributed by atoms with van der Waals surface area (Å²) in [5.41, 5.74) is 9.70. The van der Waals surface area contributed by atoms with Crippen molar-refractivity contribution in [2.75, 3.05) is 0 Å². The minimum atomic E-state index is 0.583. The molecule has 0 radical (unpaired) electrons. The van der Waals surface area contributed by atoms with E-state index >= 15 is 0 Å². The van der Waals surface area contributed by atoms with Gasteiger partial charge < -0.3 is 8.98 Å². The Morgan fingerprint density at radius 1 is 0.391 bits per heavy atom. The van der Waals surface area contributed by atoms with Crippen LogP contribution in [-0.2, 0) is 0 Å². The first kappa shape index (κ1) is 35.6. The van der Waals surface area contributed by atoms with Crippen molar-refractivity contribution in [2.45, 2.75) is 0 Å². The van der Waals surface area contributed by atoms with Crippen LogP contribution in [0, 0.1) is 0 Å². The van der Waals surface area contributed by atoms with Crippen LogP contribution < -0.4 is 0 Å². The maximum absolute atomic E-state index is 7.28.